The Bertz CT molecular complexity index is 619. The highest BCUT2D eigenvalue weighted by Gasteiger charge is 2.22. The Morgan fingerprint density at radius 1 is 1.53 bits per heavy atom. The van der Waals surface area contributed by atoms with E-state index in [9.17, 15) is 18.5 Å². The molecule has 17 heavy (non-hydrogen) atoms. The average molecular weight is 275 g/mol. The maximum atomic E-state index is 11.2. The molecule has 8 heteroatoms. The Morgan fingerprint density at radius 2 is 2.12 bits per heavy atom. The predicted molar refractivity (Wildman–Crippen MR) is 60.2 cm³/mol. The fourth-order valence-electron chi connectivity index (χ4n) is 1.36. The third kappa shape index (κ3) is 2.72. The highest BCUT2D eigenvalue weighted by atomic mass is 35.7. The minimum absolute atomic E-state index is 0.214. The van der Waals surface area contributed by atoms with E-state index in [1.54, 1.807) is 13.0 Å². The van der Waals surface area contributed by atoms with E-state index < -0.39 is 19.7 Å². The van der Waals surface area contributed by atoms with Gasteiger partial charge in [0.05, 0.1) is 9.82 Å². The van der Waals surface area contributed by atoms with Crippen molar-refractivity contribution in [1.29, 1.82) is 5.26 Å². The molecule has 6 nitrogen and oxygen atoms in total. The Labute approximate surface area is 102 Å². The molecule has 0 spiro atoms. The molecular formula is C9H7ClN2O4S. The van der Waals surface area contributed by atoms with Gasteiger partial charge in [0.15, 0.2) is 0 Å². The molecule has 0 radical (unpaired) electrons. The molecule has 1 aromatic carbocycles. The summed E-state index contributed by atoms with van der Waals surface area (Å²) in [7, 11) is 1.17. The molecule has 0 aliphatic carbocycles. The van der Waals surface area contributed by atoms with Crippen LogP contribution in [0.3, 0.4) is 0 Å². The molecule has 0 unspecified atom stereocenters. The summed E-state index contributed by atoms with van der Waals surface area (Å²) in [6.07, 6.45) is 0.258. The van der Waals surface area contributed by atoms with Crippen LogP contribution in [-0.4, -0.2) is 13.3 Å². The molecule has 0 N–H and O–H groups in total. The molecule has 0 aliphatic rings. The van der Waals surface area contributed by atoms with Crippen LogP contribution in [0.1, 0.15) is 18.1 Å². The van der Waals surface area contributed by atoms with E-state index in [-0.39, 0.29) is 22.4 Å². The molecule has 0 bridgehead atoms. The number of nitro groups is 1. The van der Waals surface area contributed by atoms with Gasteiger partial charge in [0, 0.05) is 16.7 Å². The summed E-state index contributed by atoms with van der Waals surface area (Å²) in [5, 5.41) is 19.4. The first-order valence-corrected chi connectivity index (χ1v) is 6.78. The monoisotopic (exact) mass is 274 g/mol. The molecule has 0 saturated carbocycles. The van der Waals surface area contributed by atoms with Crippen LogP contribution in [0.25, 0.3) is 0 Å². The van der Waals surface area contributed by atoms with Crippen LogP contribution < -0.4 is 0 Å². The van der Waals surface area contributed by atoms with E-state index in [1.165, 1.54) is 0 Å². The lowest BCUT2D eigenvalue weighted by atomic mass is 10.1. The molecule has 90 valence electrons. The van der Waals surface area contributed by atoms with Crippen molar-refractivity contribution in [2.24, 2.45) is 0 Å². The van der Waals surface area contributed by atoms with Gasteiger partial charge in [0.1, 0.15) is 11.6 Å². The van der Waals surface area contributed by atoms with Crippen LogP contribution in [0.4, 0.5) is 5.69 Å². The summed E-state index contributed by atoms with van der Waals surface area (Å²) in [5.41, 5.74) is -0.537. The highest BCUT2D eigenvalue weighted by Crippen LogP contribution is 2.28. The van der Waals surface area contributed by atoms with Gasteiger partial charge in [-0.05, 0) is 18.1 Å². The SMILES string of the molecule is CCc1cc([N+](=O)[O-])c(C#N)cc1S(=O)(=O)Cl. The van der Waals surface area contributed by atoms with Gasteiger partial charge in [-0.3, -0.25) is 10.1 Å². The van der Waals surface area contributed by atoms with Crippen molar-refractivity contribution in [3.8, 4) is 6.07 Å². The summed E-state index contributed by atoms with van der Waals surface area (Å²) in [6.45, 7) is 1.64. The summed E-state index contributed by atoms with van der Waals surface area (Å²) >= 11 is 0. The zero-order valence-corrected chi connectivity index (χ0v) is 10.2. The first kappa shape index (κ1) is 13.4. The molecule has 0 aromatic heterocycles. The zero-order valence-electron chi connectivity index (χ0n) is 8.68. The van der Waals surface area contributed by atoms with E-state index in [4.69, 9.17) is 15.9 Å². The Hall–Kier alpha value is -1.65. The summed E-state index contributed by atoms with van der Waals surface area (Å²) in [5.74, 6) is 0. The average Bonchev–Trinajstić information content (AvgIpc) is 2.25. The number of nitrogens with zero attached hydrogens (tertiary/aromatic N) is 2. The Balaban J connectivity index is 3.68. The molecule has 0 amide bonds. The number of rotatable bonds is 3. The quantitative estimate of drug-likeness (QED) is 0.476. The van der Waals surface area contributed by atoms with Crippen molar-refractivity contribution in [2.75, 3.05) is 0 Å². The van der Waals surface area contributed by atoms with Crippen molar-refractivity contribution in [1.82, 2.24) is 0 Å². The molecule has 0 atom stereocenters. The van der Waals surface area contributed by atoms with Crippen molar-refractivity contribution in [3.63, 3.8) is 0 Å². The lowest BCUT2D eigenvalue weighted by Crippen LogP contribution is -2.02. The molecule has 0 heterocycles. The van der Waals surface area contributed by atoms with Crippen LogP contribution in [0, 0.1) is 21.4 Å². The number of nitriles is 1. The van der Waals surface area contributed by atoms with E-state index in [0.717, 1.165) is 12.1 Å². The maximum Gasteiger partial charge on any atom is 0.287 e. The number of hydrogen-bond donors (Lipinski definition) is 0. The van der Waals surface area contributed by atoms with E-state index in [2.05, 4.69) is 0 Å². The van der Waals surface area contributed by atoms with Crippen LogP contribution in [0.5, 0.6) is 0 Å². The van der Waals surface area contributed by atoms with Gasteiger partial charge in [0.25, 0.3) is 14.7 Å². The second-order valence-electron chi connectivity index (χ2n) is 3.14. The van der Waals surface area contributed by atoms with Gasteiger partial charge >= 0.3 is 0 Å². The normalized spacial score (nSPS) is 10.9. The minimum atomic E-state index is -4.02. The molecule has 1 rings (SSSR count). The summed E-state index contributed by atoms with van der Waals surface area (Å²) in [6, 6.07) is 3.57. The predicted octanol–water partition coefficient (Wildman–Crippen LogP) is 1.96. The van der Waals surface area contributed by atoms with Crippen molar-refractivity contribution in [2.45, 2.75) is 18.2 Å². The Kier molecular flexibility index (Phi) is 3.70. The summed E-state index contributed by atoms with van der Waals surface area (Å²) in [4.78, 5) is 9.69. The van der Waals surface area contributed by atoms with Crippen LogP contribution in [-0.2, 0) is 15.5 Å². The molecule has 0 saturated heterocycles. The number of halogens is 1. The molecule has 0 fully saturated rings. The van der Waals surface area contributed by atoms with Gasteiger partial charge in [0.2, 0.25) is 0 Å². The van der Waals surface area contributed by atoms with Gasteiger partial charge in [-0.25, -0.2) is 8.42 Å². The third-order valence-electron chi connectivity index (χ3n) is 2.14. The minimum Gasteiger partial charge on any atom is -0.258 e. The van der Waals surface area contributed by atoms with Crippen LogP contribution in [0.15, 0.2) is 17.0 Å². The van der Waals surface area contributed by atoms with Gasteiger partial charge in [-0.2, -0.15) is 5.26 Å². The van der Waals surface area contributed by atoms with E-state index in [1.807, 2.05) is 0 Å². The maximum absolute atomic E-state index is 11.2. The number of nitro benzene ring substituents is 1. The summed E-state index contributed by atoms with van der Waals surface area (Å²) < 4.78 is 22.5. The van der Waals surface area contributed by atoms with Crippen molar-refractivity contribution < 1.29 is 13.3 Å². The van der Waals surface area contributed by atoms with Gasteiger partial charge in [-0.15, -0.1) is 0 Å². The van der Waals surface area contributed by atoms with Crippen molar-refractivity contribution in [3.05, 3.63) is 33.4 Å². The zero-order chi connectivity index (χ0) is 13.2. The first-order valence-electron chi connectivity index (χ1n) is 4.47. The largest absolute Gasteiger partial charge is 0.287 e. The second-order valence-corrected chi connectivity index (χ2v) is 5.67. The number of hydrogen-bond acceptors (Lipinski definition) is 5. The standard InChI is InChI=1S/C9H7ClN2O4S/c1-2-6-3-8(12(13)14)7(5-11)4-9(6)17(10,15)16/h3-4H,2H2,1H3. The smallest absolute Gasteiger partial charge is 0.258 e. The fraction of sp³-hybridized carbons (Fsp3) is 0.222. The van der Waals surface area contributed by atoms with Gasteiger partial charge < -0.3 is 0 Å². The second kappa shape index (κ2) is 4.69. The van der Waals surface area contributed by atoms with Gasteiger partial charge in [-0.1, -0.05) is 6.92 Å². The molecular weight excluding hydrogens is 268 g/mol. The lowest BCUT2D eigenvalue weighted by molar-refractivity contribution is -0.385. The van der Waals surface area contributed by atoms with Crippen molar-refractivity contribution >= 4 is 25.4 Å². The highest BCUT2D eigenvalue weighted by molar-refractivity contribution is 8.13. The molecule has 1 aromatic rings. The third-order valence-corrected chi connectivity index (χ3v) is 3.54. The van der Waals surface area contributed by atoms with Crippen LogP contribution >= 0.6 is 10.7 Å². The first-order chi connectivity index (χ1) is 7.81. The van der Waals surface area contributed by atoms with Crippen LogP contribution in [0.2, 0.25) is 0 Å². The topological polar surface area (TPSA) is 101 Å². The van der Waals surface area contributed by atoms with E-state index >= 15 is 0 Å². The number of aryl methyl sites for hydroxylation is 1. The lowest BCUT2D eigenvalue weighted by Gasteiger charge is -2.05. The van der Waals surface area contributed by atoms with E-state index in [0.29, 0.717) is 0 Å². The molecule has 0 aliphatic heterocycles. The fourth-order valence-corrected chi connectivity index (χ4v) is 2.56. The number of benzene rings is 1. The Morgan fingerprint density at radius 3 is 2.47 bits per heavy atom.